The van der Waals surface area contributed by atoms with Crippen LogP contribution in [0.3, 0.4) is 0 Å². The summed E-state index contributed by atoms with van der Waals surface area (Å²) < 4.78 is 5.51. The van der Waals surface area contributed by atoms with Crippen molar-refractivity contribution in [3.05, 3.63) is 0 Å². The maximum absolute atomic E-state index is 5.51. The molecule has 0 aromatic rings. The molecule has 3 rings (SSSR count). The Morgan fingerprint density at radius 2 is 1.62 bits per heavy atom. The van der Waals surface area contributed by atoms with E-state index >= 15 is 0 Å². The van der Waals surface area contributed by atoms with E-state index in [4.69, 9.17) is 4.74 Å². The van der Waals surface area contributed by atoms with E-state index in [0.717, 1.165) is 38.4 Å². The Bertz CT molecular complexity index is 389. The van der Waals surface area contributed by atoms with Gasteiger partial charge in [-0.15, -0.1) is 0 Å². The number of morpholine rings is 1. The summed E-state index contributed by atoms with van der Waals surface area (Å²) in [6, 6.07) is 1.53. The van der Waals surface area contributed by atoms with Crippen molar-refractivity contribution >= 4 is 0 Å². The summed E-state index contributed by atoms with van der Waals surface area (Å²) in [4.78, 5) is 5.50. The van der Waals surface area contributed by atoms with Crippen molar-refractivity contribution in [3.8, 4) is 0 Å². The first kappa shape index (κ1) is 15.8. The van der Waals surface area contributed by atoms with Crippen LogP contribution in [0.2, 0.25) is 0 Å². The van der Waals surface area contributed by atoms with E-state index in [1.54, 1.807) is 0 Å². The van der Waals surface area contributed by atoms with Crippen LogP contribution in [0, 0.1) is 10.8 Å². The molecule has 2 unspecified atom stereocenters. The number of hydrogen-bond donors (Lipinski definition) is 0. The number of piperidine rings is 1. The van der Waals surface area contributed by atoms with Gasteiger partial charge in [0.25, 0.3) is 0 Å². The number of likely N-dealkylation sites (tertiary alicyclic amines) is 1. The highest BCUT2D eigenvalue weighted by Crippen LogP contribution is 2.64. The SMILES string of the molecule is CC(C)(C)C1C[C@@]2(CN3CCOCC3)CC2N1C(C)(C)C. The van der Waals surface area contributed by atoms with Crippen molar-refractivity contribution in [2.45, 2.75) is 72.0 Å². The summed E-state index contributed by atoms with van der Waals surface area (Å²) in [5.74, 6) is 0. The molecule has 0 N–H and O–H groups in total. The predicted octanol–water partition coefficient (Wildman–Crippen LogP) is 3.00. The second-order valence-electron chi connectivity index (χ2n) is 9.63. The topological polar surface area (TPSA) is 15.7 Å². The highest BCUT2D eigenvalue weighted by molar-refractivity contribution is 5.21. The largest absolute Gasteiger partial charge is 0.379 e. The van der Waals surface area contributed by atoms with E-state index in [9.17, 15) is 0 Å². The summed E-state index contributed by atoms with van der Waals surface area (Å²) in [6.07, 6.45) is 2.80. The molecule has 0 radical (unpaired) electrons. The molecule has 1 saturated carbocycles. The van der Waals surface area contributed by atoms with Crippen LogP contribution >= 0.6 is 0 Å². The maximum Gasteiger partial charge on any atom is 0.0594 e. The molecule has 122 valence electrons. The molecule has 0 aromatic heterocycles. The predicted molar refractivity (Wildman–Crippen MR) is 87.5 cm³/mol. The molecular weight excluding hydrogens is 260 g/mol. The fourth-order valence-corrected chi connectivity index (χ4v) is 4.74. The third-order valence-electron chi connectivity index (χ3n) is 5.83. The summed E-state index contributed by atoms with van der Waals surface area (Å²) >= 11 is 0. The van der Waals surface area contributed by atoms with Crippen LogP contribution in [-0.2, 0) is 4.74 Å². The number of ether oxygens (including phenoxy) is 1. The van der Waals surface area contributed by atoms with Gasteiger partial charge in [0.15, 0.2) is 0 Å². The van der Waals surface area contributed by atoms with Crippen LogP contribution in [0.15, 0.2) is 0 Å². The zero-order valence-corrected chi connectivity index (χ0v) is 14.9. The van der Waals surface area contributed by atoms with Crippen LogP contribution in [-0.4, -0.2) is 60.3 Å². The van der Waals surface area contributed by atoms with Crippen molar-refractivity contribution in [2.75, 3.05) is 32.8 Å². The third-order valence-corrected chi connectivity index (χ3v) is 5.83. The summed E-state index contributed by atoms with van der Waals surface area (Å²) in [5, 5.41) is 0. The third kappa shape index (κ3) is 2.89. The van der Waals surface area contributed by atoms with Gasteiger partial charge in [-0.05, 0) is 39.0 Å². The number of fused-ring (bicyclic) bond motifs is 1. The zero-order valence-electron chi connectivity index (χ0n) is 14.9. The van der Waals surface area contributed by atoms with Gasteiger partial charge in [0.1, 0.15) is 0 Å². The quantitative estimate of drug-likeness (QED) is 0.778. The van der Waals surface area contributed by atoms with Gasteiger partial charge in [-0.3, -0.25) is 9.80 Å². The van der Waals surface area contributed by atoms with Crippen molar-refractivity contribution in [1.82, 2.24) is 9.80 Å². The van der Waals surface area contributed by atoms with Crippen LogP contribution in [0.1, 0.15) is 54.4 Å². The lowest BCUT2D eigenvalue weighted by Gasteiger charge is -2.45. The molecule has 1 aliphatic carbocycles. The fourth-order valence-electron chi connectivity index (χ4n) is 4.74. The van der Waals surface area contributed by atoms with E-state index in [2.05, 4.69) is 51.3 Å². The highest BCUT2D eigenvalue weighted by Gasteiger charge is 2.67. The lowest BCUT2D eigenvalue weighted by Crippen LogP contribution is -2.51. The van der Waals surface area contributed by atoms with E-state index in [1.165, 1.54) is 19.4 Å². The second-order valence-corrected chi connectivity index (χ2v) is 9.63. The molecule has 3 heteroatoms. The highest BCUT2D eigenvalue weighted by atomic mass is 16.5. The van der Waals surface area contributed by atoms with E-state index in [-0.39, 0.29) is 5.54 Å². The fraction of sp³-hybridized carbons (Fsp3) is 1.00. The Kier molecular flexibility index (Phi) is 3.71. The van der Waals surface area contributed by atoms with Gasteiger partial charge in [-0.1, -0.05) is 20.8 Å². The Balaban J connectivity index is 1.75. The molecule has 21 heavy (non-hydrogen) atoms. The smallest absolute Gasteiger partial charge is 0.0594 e. The minimum absolute atomic E-state index is 0.284. The van der Waals surface area contributed by atoms with Gasteiger partial charge in [0.2, 0.25) is 0 Å². The molecule has 0 spiro atoms. The molecule has 3 nitrogen and oxygen atoms in total. The second kappa shape index (κ2) is 4.94. The molecule has 0 amide bonds. The van der Waals surface area contributed by atoms with E-state index in [1.807, 2.05) is 0 Å². The first-order valence-corrected chi connectivity index (χ1v) is 8.72. The van der Waals surface area contributed by atoms with Gasteiger partial charge in [-0.2, -0.15) is 0 Å². The minimum Gasteiger partial charge on any atom is -0.379 e. The zero-order chi connectivity index (χ0) is 15.5. The van der Waals surface area contributed by atoms with Crippen molar-refractivity contribution in [3.63, 3.8) is 0 Å². The van der Waals surface area contributed by atoms with E-state index < -0.39 is 0 Å². The standard InChI is InChI=1S/C18H34N2O/c1-16(2,3)14-11-18(13-19-7-9-21-10-8-19)12-15(18)20(14)17(4,5)6/h14-15H,7-13H2,1-6H3/t14?,15?,18-/m0/s1. The van der Waals surface area contributed by atoms with Crippen molar-refractivity contribution < 1.29 is 4.74 Å². The van der Waals surface area contributed by atoms with Gasteiger partial charge >= 0.3 is 0 Å². The molecule has 3 atom stereocenters. The lowest BCUT2D eigenvalue weighted by molar-refractivity contribution is 0.0274. The first-order valence-electron chi connectivity index (χ1n) is 8.72. The van der Waals surface area contributed by atoms with Crippen LogP contribution in [0.4, 0.5) is 0 Å². The minimum atomic E-state index is 0.284. The molecule has 3 fully saturated rings. The van der Waals surface area contributed by atoms with Gasteiger partial charge < -0.3 is 4.74 Å². The molecule has 0 aromatic carbocycles. The van der Waals surface area contributed by atoms with Crippen LogP contribution in [0.25, 0.3) is 0 Å². The Morgan fingerprint density at radius 1 is 1.00 bits per heavy atom. The summed E-state index contributed by atoms with van der Waals surface area (Å²) in [6.45, 7) is 19.9. The average Bonchev–Trinajstić information content (AvgIpc) is 2.91. The van der Waals surface area contributed by atoms with Crippen molar-refractivity contribution in [2.24, 2.45) is 10.8 Å². The Hall–Kier alpha value is -0.120. The maximum atomic E-state index is 5.51. The lowest BCUT2D eigenvalue weighted by atomic mass is 9.80. The summed E-state index contributed by atoms with van der Waals surface area (Å²) in [7, 11) is 0. The average molecular weight is 294 g/mol. The molecule has 0 bridgehead atoms. The normalized spacial score (nSPS) is 38.6. The molecule has 2 heterocycles. The van der Waals surface area contributed by atoms with Gasteiger partial charge in [0, 0.05) is 42.7 Å². The van der Waals surface area contributed by atoms with Gasteiger partial charge in [0.05, 0.1) is 13.2 Å². The number of nitrogens with zero attached hydrogens (tertiary/aromatic N) is 2. The monoisotopic (exact) mass is 294 g/mol. The number of rotatable bonds is 2. The van der Waals surface area contributed by atoms with Crippen LogP contribution < -0.4 is 0 Å². The molecule has 2 aliphatic heterocycles. The van der Waals surface area contributed by atoms with Gasteiger partial charge in [-0.25, -0.2) is 0 Å². The molecule has 2 saturated heterocycles. The van der Waals surface area contributed by atoms with E-state index in [0.29, 0.717) is 10.8 Å². The Labute approximate surface area is 131 Å². The molecule has 3 aliphatic rings. The Morgan fingerprint density at radius 3 is 2.10 bits per heavy atom. The van der Waals surface area contributed by atoms with Crippen molar-refractivity contribution in [1.29, 1.82) is 0 Å². The molecular formula is C18H34N2O. The van der Waals surface area contributed by atoms with Crippen LogP contribution in [0.5, 0.6) is 0 Å². The number of hydrogen-bond acceptors (Lipinski definition) is 3. The first-order chi connectivity index (χ1) is 9.63. The summed E-state index contributed by atoms with van der Waals surface area (Å²) in [5.41, 5.74) is 1.23.